The number of hydrogen-bond donors (Lipinski definition) is 2. The summed E-state index contributed by atoms with van der Waals surface area (Å²) in [5, 5.41) is 30.1. The summed E-state index contributed by atoms with van der Waals surface area (Å²) in [7, 11) is 1.96. The van der Waals surface area contributed by atoms with E-state index < -0.39 is 0 Å². The number of phenols is 1. The lowest BCUT2D eigenvalue weighted by atomic mass is 10.1. The van der Waals surface area contributed by atoms with Crippen LogP contribution in [-0.2, 0) is 0 Å². The van der Waals surface area contributed by atoms with Gasteiger partial charge in [-0.25, -0.2) is 4.98 Å². The number of aromatic nitrogens is 6. The van der Waals surface area contributed by atoms with Crippen molar-refractivity contribution in [3.8, 4) is 22.7 Å². The van der Waals surface area contributed by atoms with Crippen LogP contribution >= 0.6 is 37.2 Å². The third-order valence-electron chi connectivity index (χ3n) is 4.34. The van der Waals surface area contributed by atoms with Crippen molar-refractivity contribution in [1.29, 1.82) is 0 Å². The van der Waals surface area contributed by atoms with E-state index in [1.807, 2.05) is 13.1 Å². The molecule has 0 amide bonds. The van der Waals surface area contributed by atoms with Gasteiger partial charge in [-0.2, -0.15) is 15.0 Å². The summed E-state index contributed by atoms with van der Waals surface area (Å²) in [5.41, 5.74) is 1.75. The molecule has 9 nitrogen and oxygen atoms in total. The van der Waals surface area contributed by atoms with Gasteiger partial charge in [0, 0.05) is 30.8 Å². The van der Waals surface area contributed by atoms with Crippen LogP contribution in [0.1, 0.15) is 6.42 Å². The van der Waals surface area contributed by atoms with Gasteiger partial charge < -0.3 is 15.3 Å². The molecule has 2 aromatic heterocycles. The maximum absolute atomic E-state index is 10.3. The van der Waals surface area contributed by atoms with Crippen molar-refractivity contribution >= 4 is 43.2 Å². The predicted molar refractivity (Wildman–Crippen MR) is 113 cm³/mol. The van der Waals surface area contributed by atoms with E-state index >= 15 is 0 Å². The van der Waals surface area contributed by atoms with Crippen molar-refractivity contribution in [3.05, 3.63) is 36.8 Å². The first-order valence-corrected chi connectivity index (χ1v) is 8.06. The minimum absolute atomic E-state index is 0. The fourth-order valence-corrected chi connectivity index (χ4v) is 2.93. The average Bonchev–Trinajstić information content (AvgIpc) is 3.34. The second-order valence-electron chi connectivity index (χ2n) is 5.88. The number of rotatable bonds is 4. The number of anilines is 1. The molecule has 3 aromatic rings. The van der Waals surface area contributed by atoms with E-state index in [9.17, 15) is 5.11 Å². The van der Waals surface area contributed by atoms with E-state index in [1.165, 1.54) is 4.80 Å². The molecule has 0 saturated carbocycles. The third-order valence-corrected chi connectivity index (χ3v) is 4.34. The van der Waals surface area contributed by atoms with Gasteiger partial charge in [0.05, 0.1) is 24.3 Å². The molecule has 1 unspecified atom stereocenters. The van der Waals surface area contributed by atoms with Crippen LogP contribution in [0.5, 0.6) is 5.75 Å². The Morgan fingerprint density at radius 2 is 1.86 bits per heavy atom. The molecule has 1 aliphatic heterocycles. The molecule has 1 fully saturated rings. The molecule has 3 heterocycles. The fraction of sp³-hybridized carbons (Fsp3) is 0.312. The van der Waals surface area contributed by atoms with Crippen LogP contribution in [0.3, 0.4) is 0 Å². The third kappa shape index (κ3) is 4.79. The Morgan fingerprint density at radius 3 is 2.43 bits per heavy atom. The second-order valence-corrected chi connectivity index (χ2v) is 5.88. The van der Waals surface area contributed by atoms with Crippen LogP contribution in [-0.4, -0.2) is 61.5 Å². The highest BCUT2D eigenvalue weighted by molar-refractivity contribution is 5.86. The number of halogens is 3. The van der Waals surface area contributed by atoms with Gasteiger partial charge >= 0.3 is 0 Å². The first kappa shape index (κ1) is 23.8. The zero-order valence-electron chi connectivity index (χ0n) is 15.0. The molecule has 1 aliphatic rings. The average molecular weight is 448 g/mol. The summed E-state index contributed by atoms with van der Waals surface area (Å²) in [6.07, 6.45) is 5.85. The molecule has 0 spiro atoms. The highest BCUT2D eigenvalue weighted by atomic mass is 35.5. The lowest BCUT2D eigenvalue weighted by molar-refractivity contribution is 0.476. The van der Waals surface area contributed by atoms with E-state index in [-0.39, 0.29) is 43.0 Å². The minimum atomic E-state index is 0. The quantitative estimate of drug-likeness (QED) is 0.625. The second kappa shape index (κ2) is 10.4. The van der Waals surface area contributed by atoms with E-state index in [4.69, 9.17) is 0 Å². The molecule has 2 N–H and O–H groups in total. The molecule has 12 heteroatoms. The number of phenolic OH excluding ortho intramolecular Hbond substituents is 1. The Bertz CT molecular complexity index is 863. The highest BCUT2D eigenvalue weighted by Crippen LogP contribution is 2.29. The zero-order chi connectivity index (χ0) is 17.2. The topological polar surface area (TPSA) is 105 Å². The first-order chi connectivity index (χ1) is 12.2. The Hall–Kier alpha value is -2.20. The molecule has 28 heavy (non-hydrogen) atoms. The van der Waals surface area contributed by atoms with Gasteiger partial charge in [-0.1, -0.05) is 0 Å². The van der Waals surface area contributed by atoms with Gasteiger partial charge in [-0.3, -0.25) is 0 Å². The highest BCUT2D eigenvalue weighted by Gasteiger charge is 2.23. The maximum atomic E-state index is 10.3. The van der Waals surface area contributed by atoms with Crippen LogP contribution in [0, 0.1) is 0 Å². The number of hydrogen-bond acceptors (Lipinski definition) is 8. The van der Waals surface area contributed by atoms with Crippen molar-refractivity contribution in [3.63, 3.8) is 0 Å². The fourth-order valence-electron chi connectivity index (χ4n) is 2.93. The molecular weight excluding hydrogens is 427 g/mol. The molecule has 0 bridgehead atoms. The molecule has 4 rings (SSSR count). The Balaban J connectivity index is 0.00000131. The van der Waals surface area contributed by atoms with Gasteiger partial charge in [0.2, 0.25) is 5.95 Å². The molecule has 0 aliphatic carbocycles. The van der Waals surface area contributed by atoms with Gasteiger partial charge in [0.25, 0.3) is 0 Å². The summed E-state index contributed by atoms with van der Waals surface area (Å²) >= 11 is 0. The van der Waals surface area contributed by atoms with Crippen molar-refractivity contribution in [1.82, 2.24) is 35.5 Å². The van der Waals surface area contributed by atoms with E-state index in [0.29, 0.717) is 28.9 Å². The largest absolute Gasteiger partial charge is 0.507 e. The normalized spacial score (nSPS) is 15.3. The number of nitrogens with one attached hydrogen (secondary N) is 1. The van der Waals surface area contributed by atoms with Crippen molar-refractivity contribution < 1.29 is 5.11 Å². The zero-order valence-corrected chi connectivity index (χ0v) is 17.4. The maximum Gasteiger partial charge on any atom is 0.245 e. The van der Waals surface area contributed by atoms with Crippen LogP contribution in [0.25, 0.3) is 16.9 Å². The predicted octanol–water partition coefficient (Wildman–Crippen LogP) is 1.89. The van der Waals surface area contributed by atoms with Gasteiger partial charge in [-0.15, -0.1) is 47.4 Å². The van der Waals surface area contributed by atoms with E-state index in [0.717, 1.165) is 19.5 Å². The van der Waals surface area contributed by atoms with Crippen molar-refractivity contribution in [2.45, 2.75) is 12.5 Å². The Kier molecular flexibility index (Phi) is 8.83. The molecule has 1 atom stereocenters. The molecule has 1 aromatic carbocycles. The Labute approximate surface area is 180 Å². The molecule has 152 valence electrons. The van der Waals surface area contributed by atoms with E-state index in [1.54, 1.807) is 30.7 Å². The summed E-state index contributed by atoms with van der Waals surface area (Å²) in [6.45, 7) is 1.78. The first-order valence-electron chi connectivity index (χ1n) is 8.06. The molecule has 0 radical (unpaired) electrons. The van der Waals surface area contributed by atoms with Crippen LogP contribution in [0.15, 0.2) is 36.8 Å². The summed E-state index contributed by atoms with van der Waals surface area (Å²) in [6, 6.07) is 5.61. The number of nitrogens with zero attached hydrogens (tertiary/aromatic N) is 7. The lowest BCUT2D eigenvalue weighted by Crippen LogP contribution is -2.30. The van der Waals surface area contributed by atoms with Crippen LogP contribution < -0.4 is 10.2 Å². The smallest absolute Gasteiger partial charge is 0.245 e. The monoisotopic (exact) mass is 446 g/mol. The van der Waals surface area contributed by atoms with Crippen LogP contribution in [0.4, 0.5) is 5.95 Å². The summed E-state index contributed by atoms with van der Waals surface area (Å²) in [4.78, 5) is 7.94. The van der Waals surface area contributed by atoms with Crippen molar-refractivity contribution in [2.75, 3.05) is 25.0 Å². The summed E-state index contributed by atoms with van der Waals surface area (Å²) in [5.74, 6) is 0.688. The van der Waals surface area contributed by atoms with Crippen molar-refractivity contribution in [2.24, 2.45) is 0 Å². The summed E-state index contributed by atoms with van der Waals surface area (Å²) < 4.78 is 0. The SMILES string of the molecule is CNC1CCN(c2ncc(-c3ccc(-n4nccn4)cc3O)nn2)C1.Cl.Cl.Cl. The Morgan fingerprint density at radius 1 is 1.11 bits per heavy atom. The van der Waals surface area contributed by atoms with Gasteiger partial charge in [0.1, 0.15) is 11.4 Å². The minimum Gasteiger partial charge on any atom is -0.507 e. The number of likely N-dealkylation sites (N-methyl/N-ethyl adjacent to an activating group) is 1. The molecular formula is C16H21Cl3N8O. The number of aromatic hydroxyl groups is 1. The van der Waals surface area contributed by atoms with Gasteiger partial charge in [-0.05, 0) is 25.6 Å². The van der Waals surface area contributed by atoms with Gasteiger partial charge in [0.15, 0.2) is 0 Å². The standard InChI is InChI=1S/C16H18N8O.3ClH/c1-17-11-4-7-23(10-11)16-18-9-14(21-22-16)13-3-2-12(8-15(13)25)24-19-5-6-20-24;;;/h2-3,5-6,8-9,11,17,25H,4,7,10H2,1H3;3*1H. The lowest BCUT2D eigenvalue weighted by Gasteiger charge is -2.15. The van der Waals surface area contributed by atoms with Crippen LogP contribution in [0.2, 0.25) is 0 Å². The van der Waals surface area contributed by atoms with E-state index in [2.05, 4.69) is 35.6 Å². The number of benzene rings is 1. The molecule has 1 saturated heterocycles.